The van der Waals surface area contributed by atoms with Crippen LogP contribution in [0.5, 0.6) is 5.75 Å². The average Bonchev–Trinajstić information content (AvgIpc) is 3.27. The van der Waals surface area contributed by atoms with Crippen molar-refractivity contribution in [2.75, 3.05) is 11.9 Å². The lowest BCUT2D eigenvalue weighted by molar-refractivity contribution is -0.118. The number of aromatic nitrogens is 3. The SMILES string of the molecule is Cc1snnc1/C(=N/OCc1cccc(NC(=O)COc2ccccc2)n1)c1ccccc1. The average molecular weight is 460 g/mol. The number of amides is 1. The Bertz CT molecular complexity index is 1230. The number of carbonyl (C=O) groups excluding carboxylic acids is 1. The van der Waals surface area contributed by atoms with Crippen LogP contribution in [0.1, 0.15) is 21.8 Å². The van der Waals surface area contributed by atoms with Gasteiger partial charge in [0.2, 0.25) is 0 Å². The van der Waals surface area contributed by atoms with Gasteiger partial charge in [0.1, 0.15) is 23.0 Å². The van der Waals surface area contributed by atoms with Crippen molar-refractivity contribution in [1.82, 2.24) is 14.6 Å². The van der Waals surface area contributed by atoms with Gasteiger partial charge in [0.25, 0.3) is 5.91 Å². The zero-order valence-corrected chi connectivity index (χ0v) is 18.7. The van der Waals surface area contributed by atoms with E-state index in [1.807, 2.05) is 55.5 Å². The van der Waals surface area contributed by atoms with E-state index in [0.717, 1.165) is 10.4 Å². The van der Waals surface area contributed by atoms with E-state index in [2.05, 4.69) is 25.0 Å². The van der Waals surface area contributed by atoms with Gasteiger partial charge in [-0.15, -0.1) is 5.10 Å². The van der Waals surface area contributed by atoms with Crippen molar-refractivity contribution < 1.29 is 14.4 Å². The number of pyridine rings is 1. The van der Waals surface area contributed by atoms with Crippen molar-refractivity contribution >= 4 is 29.0 Å². The van der Waals surface area contributed by atoms with Crippen LogP contribution in [0.15, 0.2) is 84.0 Å². The molecule has 2 aromatic heterocycles. The van der Waals surface area contributed by atoms with Gasteiger partial charge in [-0.1, -0.05) is 64.2 Å². The highest BCUT2D eigenvalue weighted by Crippen LogP contribution is 2.16. The van der Waals surface area contributed by atoms with Gasteiger partial charge < -0.3 is 14.9 Å². The number of oxime groups is 1. The Morgan fingerprint density at radius 3 is 2.48 bits per heavy atom. The molecule has 0 saturated carbocycles. The van der Waals surface area contributed by atoms with Gasteiger partial charge >= 0.3 is 0 Å². The molecule has 4 rings (SSSR count). The first-order chi connectivity index (χ1) is 16.2. The van der Waals surface area contributed by atoms with Crippen LogP contribution in [0.25, 0.3) is 0 Å². The van der Waals surface area contributed by atoms with E-state index in [1.165, 1.54) is 11.5 Å². The number of rotatable bonds is 9. The molecule has 0 fully saturated rings. The van der Waals surface area contributed by atoms with Crippen molar-refractivity contribution in [3.8, 4) is 5.75 Å². The number of ether oxygens (including phenoxy) is 1. The maximum Gasteiger partial charge on any atom is 0.263 e. The van der Waals surface area contributed by atoms with Crippen LogP contribution in [0.4, 0.5) is 5.82 Å². The van der Waals surface area contributed by atoms with E-state index in [1.54, 1.807) is 30.3 Å². The van der Waals surface area contributed by atoms with E-state index >= 15 is 0 Å². The maximum absolute atomic E-state index is 12.2. The topological polar surface area (TPSA) is 98.6 Å². The minimum atomic E-state index is -0.305. The summed E-state index contributed by atoms with van der Waals surface area (Å²) in [6.45, 7) is 1.95. The summed E-state index contributed by atoms with van der Waals surface area (Å²) in [6.07, 6.45) is 0. The summed E-state index contributed by atoms with van der Waals surface area (Å²) < 4.78 is 9.46. The minimum absolute atomic E-state index is 0.113. The van der Waals surface area contributed by atoms with Crippen molar-refractivity contribution in [3.63, 3.8) is 0 Å². The van der Waals surface area contributed by atoms with E-state index in [-0.39, 0.29) is 19.1 Å². The molecular weight excluding hydrogens is 438 g/mol. The Labute approximate surface area is 195 Å². The Kier molecular flexibility index (Phi) is 7.34. The highest BCUT2D eigenvalue weighted by atomic mass is 32.1. The fourth-order valence-corrected chi connectivity index (χ4v) is 3.38. The van der Waals surface area contributed by atoms with Crippen LogP contribution in [0.2, 0.25) is 0 Å². The van der Waals surface area contributed by atoms with Crippen LogP contribution < -0.4 is 10.1 Å². The quantitative estimate of drug-likeness (QED) is 0.297. The summed E-state index contributed by atoms with van der Waals surface area (Å²) in [7, 11) is 0. The molecule has 0 aliphatic rings. The normalized spacial score (nSPS) is 11.1. The summed E-state index contributed by atoms with van der Waals surface area (Å²) in [5.74, 6) is 0.727. The van der Waals surface area contributed by atoms with Gasteiger partial charge in [-0.2, -0.15) is 0 Å². The van der Waals surface area contributed by atoms with Gasteiger partial charge in [-0.3, -0.25) is 4.79 Å². The number of benzene rings is 2. The van der Waals surface area contributed by atoms with Crippen molar-refractivity contribution in [1.29, 1.82) is 0 Å². The third-order valence-corrected chi connectivity index (χ3v) is 5.11. The fraction of sp³-hybridized carbons (Fsp3) is 0.125. The van der Waals surface area contributed by atoms with E-state index in [0.29, 0.717) is 28.7 Å². The molecule has 0 aliphatic carbocycles. The van der Waals surface area contributed by atoms with Gasteiger partial charge in [-0.05, 0) is 42.7 Å². The number of anilines is 1. The molecule has 0 saturated heterocycles. The molecule has 0 radical (unpaired) electrons. The van der Waals surface area contributed by atoms with Gasteiger partial charge in [-0.25, -0.2) is 4.98 Å². The molecule has 1 amide bonds. The molecule has 33 heavy (non-hydrogen) atoms. The Balaban J connectivity index is 1.39. The summed E-state index contributed by atoms with van der Waals surface area (Å²) in [4.78, 5) is 23.1. The van der Waals surface area contributed by atoms with Gasteiger partial charge in [0, 0.05) is 5.56 Å². The van der Waals surface area contributed by atoms with Crippen LogP contribution in [0, 0.1) is 6.92 Å². The number of para-hydroxylation sites is 1. The second-order valence-electron chi connectivity index (χ2n) is 6.92. The Hall–Kier alpha value is -4.11. The number of nitrogens with one attached hydrogen (secondary N) is 1. The summed E-state index contributed by atoms with van der Waals surface area (Å²) in [6, 6.07) is 24.1. The number of nitrogens with zero attached hydrogens (tertiary/aromatic N) is 4. The first-order valence-corrected chi connectivity index (χ1v) is 10.9. The zero-order chi connectivity index (χ0) is 22.9. The highest BCUT2D eigenvalue weighted by Gasteiger charge is 2.15. The number of aryl methyl sites for hydroxylation is 1. The molecule has 2 heterocycles. The third-order valence-electron chi connectivity index (χ3n) is 4.48. The Morgan fingerprint density at radius 1 is 1.00 bits per heavy atom. The molecule has 9 heteroatoms. The van der Waals surface area contributed by atoms with Gasteiger partial charge in [0.05, 0.1) is 10.6 Å². The lowest BCUT2D eigenvalue weighted by Gasteiger charge is -2.08. The van der Waals surface area contributed by atoms with Crippen LogP contribution in [0.3, 0.4) is 0 Å². The predicted molar refractivity (Wildman–Crippen MR) is 126 cm³/mol. The summed E-state index contributed by atoms with van der Waals surface area (Å²) >= 11 is 1.31. The van der Waals surface area contributed by atoms with Crippen molar-refractivity contribution in [3.05, 3.63) is 101 Å². The van der Waals surface area contributed by atoms with Crippen LogP contribution in [-0.2, 0) is 16.2 Å². The van der Waals surface area contributed by atoms with E-state index in [9.17, 15) is 4.79 Å². The summed E-state index contributed by atoms with van der Waals surface area (Å²) in [5.41, 5.74) is 2.77. The lowest BCUT2D eigenvalue weighted by atomic mass is 10.1. The standard InChI is InChI=1S/C24H21N5O3S/c1-17-23(27-29-33-17)24(18-9-4-2-5-10-18)28-32-15-19-11-8-14-21(25-19)26-22(30)16-31-20-12-6-3-7-13-20/h2-14H,15-16H2,1H3,(H,25,26,30)/b28-24+. The molecule has 1 N–H and O–H groups in total. The molecule has 0 spiro atoms. The first kappa shape index (κ1) is 22.1. The molecule has 8 nitrogen and oxygen atoms in total. The largest absolute Gasteiger partial charge is 0.484 e. The molecule has 0 unspecified atom stereocenters. The van der Waals surface area contributed by atoms with E-state index in [4.69, 9.17) is 9.57 Å². The molecule has 0 aliphatic heterocycles. The number of hydrogen-bond acceptors (Lipinski definition) is 8. The fourth-order valence-electron chi connectivity index (χ4n) is 2.92. The molecule has 0 atom stereocenters. The number of hydrogen-bond donors (Lipinski definition) is 1. The Morgan fingerprint density at radius 2 is 1.76 bits per heavy atom. The molecular formula is C24H21N5O3S. The first-order valence-electron chi connectivity index (χ1n) is 10.2. The van der Waals surface area contributed by atoms with Crippen molar-refractivity contribution in [2.45, 2.75) is 13.5 Å². The molecule has 0 bridgehead atoms. The molecule has 4 aromatic rings. The monoisotopic (exact) mass is 459 g/mol. The second kappa shape index (κ2) is 11.0. The highest BCUT2D eigenvalue weighted by molar-refractivity contribution is 7.05. The smallest absolute Gasteiger partial charge is 0.263 e. The second-order valence-corrected chi connectivity index (χ2v) is 7.88. The van der Waals surface area contributed by atoms with Crippen LogP contribution >= 0.6 is 11.5 Å². The summed E-state index contributed by atoms with van der Waals surface area (Å²) in [5, 5.41) is 11.2. The van der Waals surface area contributed by atoms with E-state index < -0.39 is 0 Å². The maximum atomic E-state index is 12.2. The van der Waals surface area contributed by atoms with Gasteiger partial charge in [0.15, 0.2) is 13.2 Å². The number of carbonyl (C=O) groups is 1. The predicted octanol–water partition coefficient (Wildman–Crippen LogP) is 4.23. The molecule has 2 aromatic carbocycles. The minimum Gasteiger partial charge on any atom is -0.484 e. The lowest BCUT2D eigenvalue weighted by Crippen LogP contribution is -2.21. The third kappa shape index (κ3) is 6.20. The van der Waals surface area contributed by atoms with Crippen LogP contribution in [-0.4, -0.2) is 32.8 Å². The zero-order valence-electron chi connectivity index (χ0n) is 17.8. The van der Waals surface area contributed by atoms with Crippen molar-refractivity contribution in [2.24, 2.45) is 5.16 Å². The molecule has 166 valence electrons.